The number of hydrogen-bond acceptors (Lipinski definition) is 5. The fourth-order valence-electron chi connectivity index (χ4n) is 3.02. The van der Waals surface area contributed by atoms with Crippen LogP contribution in [0.2, 0.25) is 0 Å². The Balaban J connectivity index is 2.16. The number of rotatable bonds is 7. The van der Waals surface area contributed by atoms with Crippen LogP contribution >= 0.6 is 24.6 Å². The second-order valence-corrected chi connectivity index (χ2v) is 7.01. The molecule has 0 aliphatic carbocycles. The van der Waals surface area contributed by atoms with E-state index in [1.54, 1.807) is 0 Å². The van der Waals surface area contributed by atoms with Crippen LogP contribution in [0.1, 0.15) is 16.7 Å². The maximum atomic E-state index is 12.0. The van der Waals surface area contributed by atoms with E-state index in [9.17, 15) is 4.79 Å². The van der Waals surface area contributed by atoms with Crippen LogP contribution in [0, 0.1) is 0 Å². The highest BCUT2D eigenvalue weighted by Gasteiger charge is 2.37. The van der Waals surface area contributed by atoms with Gasteiger partial charge in [0.05, 0.1) is 10.5 Å². The summed E-state index contributed by atoms with van der Waals surface area (Å²) in [5.74, 6) is -0.205. The molecule has 0 heterocycles. The number of thioether (sulfide) groups is 1. The fourth-order valence-corrected chi connectivity index (χ4v) is 4.42. The molecule has 1 N–H and O–H groups in total. The lowest BCUT2D eigenvalue weighted by molar-refractivity contribution is -0.143. The zero-order valence-corrected chi connectivity index (χ0v) is 15.8. The third kappa shape index (κ3) is 3.96. The second kappa shape index (κ2) is 8.94. The molecule has 3 aromatic rings. The Morgan fingerprint density at radius 2 is 1.19 bits per heavy atom. The monoisotopic (exact) mass is 381 g/mol. The third-order valence-corrected chi connectivity index (χ3v) is 5.72. The van der Waals surface area contributed by atoms with Gasteiger partial charge in [-0.15, -0.1) is 11.8 Å². The van der Waals surface area contributed by atoms with Gasteiger partial charge in [0.1, 0.15) is 0 Å². The molecule has 0 spiro atoms. The van der Waals surface area contributed by atoms with Crippen molar-refractivity contribution in [2.24, 2.45) is 0 Å². The third-order valence-electron chi connectivity index (χ3n) is 4.11. The predicted octanol–water partition coefficient (Wildman–Crippen LogP) is 4.60. The SMILES string of the molecule is O=C(CSC(c1ccccc1)(c1ccccc1)c1ccccc1)ONS. The standard InChI is InChI=1S/C21H19NO2S2/c23-20(24-22-25)16-26-21(17-10-4-1-5-11-17,18-12-6-2-7-13-18)19-14-8-3-9-15-19/h1-15,22,25H,16H2. The molecule has 5 heteroatoms. The molecule has 0 aliphatic rings. The van der Waals surface area contributed by atoms with E-state index in [2.05, 4.69) is 54.1 Å². The fraction of sp³-hybridized carbons (Fsp3) is 0.0952. The van der Waals surface area contributed by atoms with E-state index in [4.69, 9.17) is 4.84 Å². The molecule has 0 bridgehead atoms. The summed E-state index contributed by atoms with van der Waals surface area (Å²) in [6, 6.07) is 30.6. The number of carbonyl (C=O) groups excluding carboxylic acids is 1. The first kappa shape index (κ1) is 18.6. The molecule has 0 saturated heterocycles. The van der Waals surface area contributed by atoms with E-state index in [1.807, 2.05) is 54.6 Å². The quantitative estimate of drug-likeness (QED) is 0.356. The highest BCUT2D eigenvalue weighted by atomic mass is 32.2. The molecular weight excluding hydrogens is 362 g/mol. The van der Waals surface area contributed by atoms with Gasteiger partial charge in [-0.25, -0.2) is 4.79 Å². The predicted molar refractivity (Wildman–Crippen MR) is 110 cm³/mol. The van der Waals surface area contributed by atoms with E-state index in [0.29, 0.717) is 0 Å². The van der Waals surface area contributed by atoms with E-state index >= 15 is 0 Å². The van der Waals surface area contributed by atoms with Crippen LogP contribution in [0.15, 0.2) is 91.0 Å². The van der Waals surface area contributed by atoms with Crippen LogP contribution in [0.3, 0.4) is 0 Å². The lowest BCUT2D eigenvalue weighted by Crippen LogP contribution is -2.28. The maximum Gasteiger partial charge on any atom is 0.335 e. The molecule has 0 fully saturated rings. The van der Waals surface area contributed by atoms with E-state index < -0.39 is 4.75 Å². The summed E-state index contributed by atoms with van der Waals surface area (Å²) < 4.78 is -0.528. The number of carbonyl (C=O) groups is 1. The summed E-state index contributed by atoms with van der Waals surface area (Å²) >= 11 is 5.26. The van der Waals surface area contributed by atoms with Crippen molar-refractivity contribution in [2.75, 3.05) is 5.75 Å². The molecule has 132 valence electrons. The zero-order chi connectivity index (χ0) is 18.2. The average Bonchev–Trinajstić information content (AvgIpc) is 2.71. The minimum atomic E-state index is -0.528. The van der Waals surface area contributed by atoms with Gasteiger partial charge in [0, 0.05) is 0 Å². The Labute approximate surface area is 163 Å². The molecule has 3 nitrogen and oxygen atoms in total. The first-order chi connectivity index (χ1) is 12.8. The van der Waals surface area contributed by atoms with Gasteiger partial charge in [0.25, 0.3) is 0 Å². The van der Waals surface area contributed by atoms with Gasteiger partial charge >= 0.3 is 5.97 Å². The van der Waals surface area contributed by atoms with Crippen molar-refractivity contribution in [3.63, 3.8) is 0 Å². The highest BCUT2D eigenvalue weighted by Crippen LogP contribution is 2.48. The van der Waals surface area contributed by atoms with E-state index in [0.717, 1.165) is 16.7 Å². The van der Waals surface area contributed by atoms with Crippen molar-refractivity contribution >= 4 is 30.5 Å². The first-order valence-electron chi connectivity index (χ1n) is 8.16. The van der Waals surface area contributed by atoms with Crippen LogP contribution in [0.4, 0.5) is 0 Å². The summed E-state index contributed by atoms with van der Waals surface area (Å²) in [5.41, 5.74) is 3.32. The van der Waals surface area contributed by atoms with Crippen molar-refractivity contribution in [3.05, 3.63) is 108 Å². The molecule has 0 unspecified atom stereocenters. The topological polar surface area (TPSA) is 38.3 Å². The Morgan fingerprint density at radius 3 is 1.54 bits per heavy atom. The van der Waals surface area contributed by atoms with Gasteiger partial charge in [-0.3, -0.25) is 0 Å². The van der Waals surface area contributed by atoms with Gasteiger partial charge in [-0.2, -0.15) is 0 Å². The highest BCUT2D eigenvalue weighted by molar-refractivity contribution is 8.01. The molecule has 3 rings (SSSR count). The number of nitrogens with one attached hydrogen (secondary N) is 1. The number of thiol groups is 1. The Hall–Kier alpha value is -2.21. The van der Waals surface area contributed by atoms with Crippen molar-refractivity contribution < 1.29 is 9.63 Å². The van der Waals surface area contributed by atoms with E-state index in [-0.39, 0.29) is 11.7 Å². The van der Waals surface area contributed by atoms with E-state index in [1.165, 1.54) is 11.8 Å². The van der Waals surface area contributed by atoms with Crippen molar-refractivity contribution in [1.82, 2.24) is 4.89 Å². The maximum absolute atomic E-state index is 12.0. The van der Waals surface area contributed by atoms with Crippen LogP contribution < -0.4 is 4.89 Å². The smallest absolute Gasteiger partial charge is 0.335 e. The minimum absolute atomic E-state index is 0.173. The summed E-state index contributed by atoms with van der Waals surface area (Å²) in [7, 11) is 0. The van der Waals surface area contributed by atoms with Crippen molar-refractivity contribution in [2.45, 2.75) is 4.75 Å². The summed E-state index contributed by atoms with van der Waals surface area (Å²) in [5, 5.41) is 0. The average molecular weight is 382 g/mol. The van der Waals surface area contributed by atoms with Crippen LogP contribution in [0.5, 0.6) is 0 Å². The van der Waals surface area contributed by atoms with Crippen LogP contribution in [-0.4, -0.2) is 11.7 Å². The number of hydrogen-bond donors (Lipinski definition) is 2. The first-order valence-corrected chi connectivity index (χ1v) is 9.60. The Morgan fingerprint density at radius 1 is 0.808 bits per heavy atom. The second-order valence-electron chi connectivity index (χ2n) is 5.63. The normalized spacial score (nSPS) is 11.1. The van der Waals surface area contributed by atoms with Gasteiger partial charge < -0.3 is 4.84 Å². The molecule has 26 heavy (non-hydrogen) atoms. The van der Waals surface area contributed by atoms with Gasteiger partial charge in [0.2, 0.25) is 0 Å². The summed E-state index contributed by atoms with van der Waals surface area (Å²) in [6.45, 7) is 0. The lowest BCUT2D eigenvalue weighted by atomic mass is 9.84. The van der Waals surface area contributed by atoms with Crippen LogP contribution in [0.25, 0.3) is 0 Å². The molecule has 0 amide bonds. The largest absolute Gasteiger partial charge is 0.359 e. The zero-order valence-electron chi connectivity index (χ0n) is 14.0. The summed E-state index contributed by atoms with van der Waals surface area (Å²) in [4.78, 5) is 19.0. The number of benzene rings is 3. The Bertz CT molecular complexity index is 730. The van der Waals surface area contributed by atoms with Crippen molar-refractivity contribution in [1.29, 1.82) is 0 Å². The molecule has 0 saturated carbocycles. The minimum Gasteiger partial charge on any atom is -0.359 e. The van der Waals surface area contributed by atoms with Crippen LogP contribution in [-0.2, 0) is 14.4 Å². The molecule has 0 aliphatic heterocycles. The van der Waals surface area contributed by atoms with Gasteiger partial charge in [-0.05, 0) is 16.7 Å². The van der Waals surface area contributed by atoms with Crippen molar-refractivity contribution in [3.8, 4) is 0 Å². The molecule has 0 aromatic heterocycles. The lowest BCUT2D eigenvalue weighted by Gasteiger charge is -2.35. The molecule has 3 aromatic carbocycles. The molecule has 0 atom stereocenters. The van der Waals surface area contributed by atoms with Gasteiger partial charge in [0.15, 0.2) is 0 Å². The molecule has 0 radical (unpaired) electrons. The van der Waals surface area contributed by atoms with Gasteiger partial charge in [-0.1, -0.05) is 109 Å². The molecular formula is C21H19NO2S2. The Kier molecular flexibility index (Phi) is 6.39. The summed E-state index contributed by atoms with van der Waals surface area (Å²) in [6.07, 6.45) is 0.